The van der Waals surface area contributed by atoms with Gasteiger partial charge in [-0.05, 0) is 48.6 Å². The monoisotopic (exact) mass is 502 g/mol. The summed E-state index contributed by atoms with van der Waals surface area (Å²) in [6.07, 6.45) is 2.10. The zero-order valence-electron chi connectivity index (χ0n) is 21.9. The molecule has 0 saturated carbocycles. The minimum absolute atomic E-state index is 0.0509. The van der Waals surface area contributed by atoms with E-state index in [0.717, 1.165) is 28.9 Å². The third-order valence-corrected chi connectivity index (χ3v) is 6.22. The SMILES string of the molecule is CCOCCCNC(=O)[C@H](Cc1ccccc1)N(Cc1ccc(OC)cc1)C(=O)CCc1ccccc1. The predicted octanol–water partition coefficient (Wildman–Crippen LogP) is 4.81. The van der Waals surface area contributed by atoms with Crippen molar-refractivity contribution in [3.05, 3.63) is 102 Å². The highest BCUT2D eigenvalue weighted by molar-refractivity contribution is 5.88. The number of methoxy groups -OCH3 is 1. The molecule has 0 unspecified atom stereocenters. The van der Waals surface area contributed by atoms with Crippen molar-refractivity contribution in [3.8, 4) is 5.75 Å². The number of nitrogens with one attached hydrogen (secondary N) is 1. The van der Waals surface area contributed by atoms with Gasteiger partial charge in [0.15, 0.2) is 0 Å². The second-order valence-corrected chi connectivity index (χ2v) is 8.90. The van der Waals surface area contributed by atoms with Crippen molar-refractivity contribution >= 4 is 11.8 Å². The van der Waals surface area contributed by atoms with Gasteiger partial charge in [0.25, 0.3) is 0 Å². The Morgan fingerprint density at radius 2 is 1.51 bits per heavy atom. The van der Waals surface area contributed by atoms with Gasteiger partial charge < -0.3 is 19.7 Å². The lowest BCUT2D eigenvalue weighted by Gasteiger charge is -2.32. The van der Waals surface area contributed by atoms with Gasteiger partial charge in [-0.25, -0.2) is 0 Å². The molecule has 196 valence electrons. The molecule has 6 heteroatoms. The van der Waals surface area contributed by atoms with Crippen LogP contribution in [0.4, 0.5) is 0 Å². The number of amides is 2. The Kier molecular flexibility index (Phi) is 11.7. The normalized spacial score (nSPS) is 11.5. The van der Waals surface area contributed by atoms with Gasteiger partial charge in [0.1, 0.15) is 11.8 Å². The van der Waals surface area contributed by atoms with Crippen molar-refractivity contribution in [2.24, 2.45) is 0 Å². The van der Waals surface area contributed by atoms with Gasteiger partial charge in [-0.15, -0.1) is 0 Å². The molecule has 1 N–H and O–H groups in total. The first kappa shape index (κ1) is 27.9. The minimum Gasteiger partial charge on any atom is -0.497 e. The summed E-state index contributed by atoms with van der Waals surface area (Å²) in [7, 11) is 1.63. The number of hydrogen-bond acceptors (Lipinski definition) is 4. The molecule has 3 rings (SSSR count). The van der Waals surface area contributed by atoms with Crippen molar-refractivity contribution < 1.29 is 19.1 Å². The molecule has 0 aromatic heterocycles. The maximum absolute atomic E-state index is 13.7. The predicted molar refractivity (Wildman–Crippen MR) is 146 cm³/mol. The molecule has 3 aromatic carbocycles. The molecule has 2 amide bonds. The van der Waals surface area contributed by atoms with Gasteiger partial charge in [-0.3, -0.25) is 9.59 Å². The summed E-state index contributed by atoms with van der Waals surface area (Å²) < 4.78 is 10.7. The van der Waals surface area contributed by atoms with Crippen molar-refractivity contribution in [2.75, 3.05) is 26.9 Å². The topological polar surface area (TPSA) is 67.9 Å². The summed E-state index contributed by atoms with van der Waals surface area (Å²) in [4.78, 5) is 29.0. The van der Waals surface area contributed by atoms with Gasteiger partial charge in [-0.2, -0.15) is 0 Å². The van der Waals surface area contributed by atoms with Crippen molar-refractivity contribution in [2.45, 2.75) is 45.2 Å². The van der Waals surface area contributed by atoms with E-state index in [2.05, 4.69) is 5.32 Å². The van der Waals surface area contributed by atoms with Crippen LogP contribution in [0.25, 0.3) is 0 Å². The van der Waals surface area contributed by atoms with E-state index >= 15 is 0 Å². The van der Waals surface area contributed by atoms with E-state index in [0.29, 0.717) is 45.6 Å². The molecule has 3 aromatic rings. The average Bonchev–Trinajstić information content (AvgIpc) is 2.94. The summed E-state index contributed by atoms with van der Waals surface area (Å²) in [6, 6.07) is 26.8. The lowest BCUT2D eigenvalue weighted by molar-refractivity contribution is -0.141. The Hall–Kier alpha value is -3.64. The molecule has 0 radical (unpaired) electrons. The maximum Gasteiger partial charge on any atom is 0.243 e. The summed E-state index contributed by atoms with van der Waals surface area (Å²) >= 11 is 0. The van der Waals surface area contributed by atoms with Gasteiger partial charge in [0.2, 0.25) is 11.8 Å². The van der Waals surface area contributed by atoms with E-state index in [1.54, 1.807) is 12.0 Å². The zero-order valence-corrected chi connectivity index (χ0v) is 21.9. The van der Waals surface area contributed by atoms with E-state index in [4.69, 9.17) is 9.47 Å². The van der Waals surface area contributed by atoms with Gasteiger partial charge in [0.05, 0.1) is 7.11 Å². The number of carbonyl (C=O) groups is 2. The van der Waals surface area contributed by atoms with Crippen LogP contribution in [0, 0.1) is 0 Å². The number of carbonyl (C=O) groups excluding carboxylic acids is 2. The fraction of sp³-hybridized carbons (Fsp3) is 0.355. The Labute approximate surface area is 220 Å². The third kappa shape index (κ3) is 9.39. The Morgan fingerprint density at radius 3 is 2.14 bits per heavy atom. The van der Waals surface area contributed by atoms with Gasteiger partial charge in [0, 0.05) is 39.1 Å². The molecule has 0 bridgehead atoms. The third-order valence-electron chi connectivity index (χ3n) is 6.22. The average molecular weight is 503 g/mol. The van der Waals surface area contributed by atoms with E-state index < -0.39 is 6.04 Å². The largest absolute Gasteiger partial charge is 0.497 e. The van der Waals surface area contributed by atoms with Crippen LogP contribution < -0.4 is 10.1 Å². The van der Waals surface area contributed by atoms with Crippen LogP contribution in [0.15, 0.2) is 84.9 Å². The van der Waals surface area contributed by atoms with Crippen LogP contribution in [-0.2, 0) is 33.7 Å². The quantitative estimate of drug-likeness (QED) is 0.303. The molecule has 1 atom stereocenters. The Bertz CT molecular complexity index is 1070. The second-order valence-electron chi connectivity index (χ2n) is 8.90. The minimum atomic E-state index is -0.639. The first-order valence-electron chi connectivity index (χ1n) is 13.0. The lowest BCUT2D eigenvalue weighted by atomic mass is 10.0. The van der Waals surface area contributed by atoms with E-state index in [-0.39, 0.29) is 11.8 Å². The van der Waals surface area contributed by atoms with Crippen molar-refractivity contribution in [1.82, 2.24) is 10.2 Å². The highest BCUT2D eigenvalue weighted by Crippen LogP contribution is 2.19. The van der Waals surface area contributed by atoms with Gasteiger partial charge >= 0.3 is 0 Å². The van der Waals surface area contributed by atoms with Crippen LogP contribution >= 0.6 is 0 Å². The van der Waals surface area contributed by atoms with Crippen molar-refractivity contribution in [3.63, 3.8) is 0 Å². The Morgan fingerprint density at radius 1 is 0.865 bits per heavy atom. The summed E-state index contributed by atoms with van der Waals surface area (Å²) in [6.45, 7) is 4.02. The maximum atomic E-state index is 13.7. The van der Waals surface area contributed by atoms with E-state index in [1.165, 1.54) is 0 Å². The molecular formula is C31H38N2O4. The highest BCUT2D eigenvalue weighted by atomic mass is 16.5. The molecule has 0 saturated heterocycles. The first-order chi connectivity index (χ1) is 18.1. The van der Waals surface area contributed by atoms with Crippen LogP contribution in [0.2, 0.25) is 0 Å². The zero-order chi connectivity index (χ0) is 26.3. The summed E-state index contributed by atoms with van der Waals surface area (Å²) in [5, 5.41) is 3.04. The summed E-state index contributed by atoms with van der Waals surface area (Å²) in [5.41, 5.74) is 3.05. The van der Waals surface area contributed by atoms with Crippen molar-refractivity contribution in [1.29, 1.82) is 0 Å². The molecule has 6 nitrogen and oxygen atoms in total. The van der Waals surface area contributed by atoms with Crippen LogP contribution in [0.3, 0.4) is 0 Å². The van der Waals surface area contributed by atoms with Crippen LogP contribution in [0.5, 0.6) is 5.75 Å². The fourth-order valence-corrected chi connectivity index (χ4v) is 4.17. The number of benzene rings is 3. The standard InChI is InChI=1S/C31H38N2O4/c1-3-37-22-10-21-32-31(35)29(23-26-13-8-5-9-14-26)33(24-27-15-18-28(36-2)19-16-27)30(34)20-17-25-11-6-4-7-12-25/h4-9,11-16,18-19,29H,3,10,17,20-24H2,1-2H3,(H,32,35)/t29-/m0/s1. The van der Waals surface area contributed by atoms with Crippen LogP contribution in [-0.4, -0.2) is 49.6 Å². The van der Waals surface area contributed by atoms with Gasteiger partial charge in [-0.1, -0.05) is 72.8 Å². The summed E-state index contributed by atoms with van der Waals surface area (Å²) in [5.74, 6) is 0.547. The number of ether oxygens (including phenoxy) is 2. The number of hydrogen-bond donors (Lipinski definition) is 1. The molecule has 0 aliphatic heterocycles. The second kappa shape index (κ2) is 15.5. The molecule has 0 heterocycles. The molecule has 0 fully saturated rings. The molecule has 0 aliphatic carbocycles. The van der Waals surface area contributed by atoms with Crippen LogP contribution in [0.1, 0.15) is 36.5 Å². The molecule has 0 aliphatic rings. The number of rotatable bonds is 15. The van der Waals surface area contributed by atoms with E-state index in [1.807, 2.05) is 91.9 Å². The number of nitrogens with zero attached hydrogens (tertiary/aromatic N) is 1. The Balaban J connectivity index is 1.84. The first-order valence-corrected chi connectivity index (χ1v) is 13.0. The molecule has 37 heavy (non-hydrogen) atoms. The fourth-order valence-electron chi connectivity index (χ4n) is 4.17. The lowest BCUT2D eigenvalue weighted by Crippen LogP contribution is -2.50. The molecule has 0 spiro atoms. The number of aryl methyl sites for hydroxylation is 1. The molecular weight excluding hydrogens is 464 g/mol. The van der Waals surface area contributed by atoms with E-state index in [9.17, 15) is 9.59 Å². The highest BCUT2D eigenvalue weighted by Gasteiger charge is 2.30. The smallest absolute Gasteiger partial charge is 0.243 e.